The molecule has 9 heteroatoms. The fourth-order valence-electron chi connectivity index (χ4n) is 5.30. The molecular formula is C32H46N4O4Si. The molecule has 2 heterocycles. The lowest BCUT2D eigenvalue weighted by molar-refractivity contribution is 0.0664. The number of nitrogens with zero attached hydrogens (tertiary/aromatic N) is 3. The maximum absolute atomic E-state index is 12.3. The van der Waals surface area contributed by atoms with Crippen molar-refractivity contribution < 1.29 is 19.1 Å². The number of carbonyl (C=O) groups is 1. The molecule has 222 valence electrons. The Morgan fingerprint density at radius 3 is 2.27 bits per heavy atom. The van der Waals surface area contributed by atoms with Gasteiger partial charge in [-0.15, -0.1) is 0 Å². The maximum Gasteiger partial charge on any atom is 0.407 e. The Morgan fingerprint density at radius 2 is 1.68 bits per heavy atom. The fraction of sp³-hybridized carbons (Fsp3) is 0.500. The highest BCUT2D eigenvalue weighted by atomic mass is 28.4. The molecular weight excluding hydrogens is 532 g/mol. The number of hydrogen-bond acceptors (Lipinski definition) is 5. The van der Waals surface area contributed by atoms with E-state index < -0.39 is 14.4 Å². The van der Waals surface area contributed by atoms with Gasteiger partial charge in [0.1, 0.15) is 11.4 Å². The number of fused-ring (bicyclic) bond motifs is 1. The van der Waals surface area contributed by atoms with E-state index in [-0.39, 0.29) is 22.4 Å². The van der Waals surface area contributed by atoms with E-state index in [2.05, 4.69) is 77.2 Å². The van der Waals surface area contributed by atoms with Crippen molar-refractivity contribution in [1.29, 1.82) is 0 Å². The van der Waals surface area contributed by atoms with Gasteiger partial charge in [-0.25, -0.2) is 9.48 Å². The summed E-state index contributed by atoms with van der Waals surface area (Å²) in [6.45, 7) is 18.3. The zero-order valence-corrected chi connectivity index (χ0v) is 27.0. The number of aryl methyl sites for hydroxylation is 1. The van der Waals surface area contributed by atoms with E-state index in [1.54, 1.807) is 15.8 Å². The smallest absolute Gasteiger partial charge is 0.407 e. The number of amides is 1. The molecule has 1 aliphatic heterocycles. The third kappa shape index (κ3) is 6.72. The second-order valence-electron chi connectivity index (χ2n) is 13.7. The molecule has 4 rings (SSSR count). The van der Waals surface area contributed by atoms with Crippen LogP contribution < -0.4 is 14.5 Å². The predicted molar refractivity (Wildman–Crippen MR) is 167 cm³/mol. The van der Waals surface area contributed by atoms with E-state index >= 15 is 0 Å². The summed E-state index contributed by atoms with van der Waals surface area (Å²) in [6, 6.07) is 16.0. The van der Waals surface area contributed by atoms with Gasteiger partial charge in [-0.1, -0.05) is 65.8 Å². The van der Waals surface area contributed by atoms with Crippen molar-refractivity contribution in [3.05, 3.63) is 65.9 Å². The monoisotopic (exact) mass is 578 g/mol. The summed E-state index contributed by atoms with van der Waals surface area (Å²) in [6.07, 6.45) is 1.55. The van der Waals surface area contributed by atoms with Crippen LogP contribution in [0.2, 0.25) is 18.1 Å². The third-order valence-electron chi connectivity index (χ3n) is 8.43. The first kappa shape index (κ1) is 30.5. The molecule has 2 aromatic carbocycles. The van der Waals surface area contributed by atoms with Crippen LogP contribution in [-0.4, -0.2) is 47.3 Å². The van der Waals surface area contributed by atoms with E-state index in [0.717, 1.165) is 22.7 Å². The second-order valence-corrected chi connectivity index (χ2v) is 18.4. The highest BCUT2D eigenvalue weighted by molar-refractivity contribution is 6.74. The lowest BCUT2D eigenvalue weighted by Gasteiger charge is -2.45. The van der Waals surface area contributed by atoms with Gasteiger partial charge in [0.05, 0.1) is 18.8 Å². The Morgan fingerprint density at radius 1 is 1.05 bits per heavy atom. The molecule has 0 saturated heterocycles. The molecule has 2 unspecified atom stereocenters. The Hall–Kier alpha value is -3.46. The van der Waals surface area contributed by atoms with Gasteiger partial charge in [0.15, 0.2) is 0 Å². The molecule has 2 N–H and O–H groups in total. The van der Waals surface area contributed by atoms with E-state index in [1.165, 1.54) is 5.56 Å². The molecule has 0 spiro atoms. The van der Waals surface area contributed by atoms with Gasteiger partial charge in [0.2, 0.25) is 14.2 Å². The SMILES string of the molecule is Cn1ncc(Nc2ccc(O[Si](C)(C)C(C)(C)C)cc2)c1OCCC1CN(C(=O)O)C(C(C)(C)C)c2ccccc21. The molecule has 0 saturated carbocycles. The average molecular weight is 579 g/mol. The van der Waals surface area contributed by atoms with Crippen LogP contribution in [-0.2, 0) is 7.05 Å². The van der Waals surface area contributed by atoms with Gasteiger partial charge in [0.25, 0.3) is 0 Å². The van der Waals surface area contributed by atoms with Gasteiger partial charge < -0.3 is 24.5 Å². The van der Waals surface area contributed by atoms with Gasteiger partial charge in [-0.3, -0.25) is 0 Å². The van der Waals surface area contributed by atoms with Crippen LogP contribution in [0.15, 0.2) is 54.7 Å². The minimum absolute atomic E-state index is 0.0407. The zero-order valence-electron chi connectivity index (χ0n) is 26.0. The molecule has 2 atom stereocenters. The van der Waals surface area contributed by atoms with Crippen molar-refractivity contribution >= 4 is 25.8 Å². The summed E-state index contributed by atoms with van der Waals surface area (Å²) in [5.74, 6) is 1.55. The zero-order chi connectivity index (χ0) is 30.2. The minimum Gasteiger partial charge on any atom is -0.544 e. The Kier molecular flexibility index (Phi) is 8.50. The molecule has 0 fully saturated rings. The standard InChI is InChI=1S/C32H46N4O4Si/c1-31(2,3)28-26-13-11-10-12-25(26)22(21-36(28)30(37)38)18-19-39-29-27(20-33-35(29)7)34-23-14-16-24(17-15-23)40-41(8,9)32(4,5)6/h10-17,20,22,28,34H,18-19,21H2,1-9H3,(H,37,38). The molecule has 1 amide bonds. The number of aromatic nitrogens is 2. The molecule has 3 aromatic rings. The van der Waals surface area contributed by atoms with Crippen molar-refractivity contribution in [3.8, 4) is 11.6 Å². The molecule has 0 radical (unpaired) electrons. The van der Waals surface area contributed by atoms with Crippen LogP contribution in [0.4, 0.5) is 16.2 Å². The van der Waals surface area contributed by atoms with E-state index in [0.29, 0.717) is 25.5 Å². The Labute approximate surface area is 245 Å². The summed E-state index contributed by atoms with van der Waals surface area (Å²) >= 11 is 0. The van der Waals surface area contributed by atoms with Crippen molar-refractivity contribution in [2.24, 2.45) is 12.5 Å². The van der Waals surface area contributed by atoms with Gasteiger partial charge in [0, 0.05) is 25.2 Å². The Bertz CT molecular complexity index is 1360. The number of nitrogens with one attached hydrogen (secondary N) is 1. The van der Waals surface area contributed by atoms with Crippen LogP contribution in [0, 0.1) is 5.41 Å². The van der Waals surface area contributed by atoms with Crippen LogP contribution in [0.5, 0.6) is 11.6 Å². The van der Waals surface area contributed by atoms with E-state index in [1.807, 2.05) is 43.4 Å². The van der Waals surface area contributed by atoms with Crippen LogP contribution in [0.3, 0.4) is 0 Å². The lowest BCUT2D eigenvalue weighted by Crippen LogP contribution is -2.46. The number of rotatable bonds is 8. The van der Waals surface area contributed by atoms with Crippen molar-refractivity contribution in [3.63, 3.8) is 0 Å². The summed E-state index contributed by atoms with van der Waals surface area (Å²) < 4.78 is 14.4. The largest absolute Gasteiger partial charge is 0.544 e. The first-order chi connectivity index (χ1) is 19.1. The lowest BCUT2D eigenvalue weighted by atomic mass is 9.74. The van der Waals surface area contributed by atoms with Crippen molar-refractivity contribution in [1.82, 2.24) is 14.7 Å². The van der Waals surface area contributed by atoms with Gasteiger partial charge >= 0.3 is 6.09 Å². The molecule has 0 aliphatic carbocycles. The highest BCUT2D eigenvalue weighted by Crippen LogP contribution is 2.46. The quantitative estimate of drug-likeness (QED) is 0.262. The molecule has 8 nitrogen and oxygen atoms in total. The molecule has 41 heavy (non-hydrogen) atoms. The number of anilines is 2. The molecule has 1 aromatic heterocycles. The summed E-state index contributed by atoms with van der Waals surface area (Å²) in [4.78, 5) is 13.9. The van der Waals surface area contributed by atoms with Crippen LogP contribution in [0.25, 0.3) is 0 Å². The average Bonchev–Trinajstić information content (AvgIpc) is 3.22. The highest BCUT2D eigenvalue weighted by Gasteiger charge is 2.42. The number of hydrogen-bond donors (Lipinski definition) is 2. The first-order valence-electron chi connectivity index (χ1n) is 14.4. The predicted octanol–water partition coefficient (Wildman–Crippen LogP) is 8.18. The number of ether oxygens (including phenoxy) is 1. The molecule has 1 aliphatic rings. The summed E-state index contributed by atoms with van der Waals surface area (Å²) in [5, 5.41) is 18.0. The van der Waals surface area contributed by atoms with E-state index in [9.17, 15) is 9.90 Å². The summed E-state index contributed by atoms with van der Waals surface area (Å²) in [5.41, 5.74) is 3.76. The van der Waals surface area contributed by atoms with Crippen molar-refractivity contribution in [2.45, 2.75) is 78.1 Å². The minimum atomic E-state index is -1.91. The van der Waals surface area contributed by atoms with Gasteiger partial charge in [-0.05, 0) is 65.4 Å². The number of carboxylic acid groups (broad SMARTS) is 1. The topological polar surface area (TPSA) is 88.9 Å². The normalized spacial score (nSPS) is 17.6. The fourth-order valence-corrected chi connectivity index (χ4v) is 6.33. The summed E-state index contributed by atoms with van der Waals surface area (Å²) in [7, 11) is -0.0540. The maximum atomic E-state index is 12.3. The van der Waals surface area contributed by atoms with Crippen LogP contribution >= 0.6 is 0 Å². The second kappa shape index (κ2) is 11.4. The first-order valence-corrected chi connectivity index (χ1v) is 17.3. The molecule has 0 bridgehead atoms. The van der Waals surface area contributed by atoms with E-state index in [4.69, 9.17) is 9.16 Å². The van der Waals surface area contributed by atoms with Crippen molar-refractivity contribution in [2.75, 3.05) is 18.5 Å². The Balaban J connectivity index is 1.44. The van der Waals surface area contributed by atoms with Crippen LogP contribution in [0.1, 0.15) is 71.0 Å². The van der Waals surface area contributed by atoms with Gasteiger partial charge in [-0.2, -0.15) is 5.10 Å². The third-order valence-corrected chi connectivity index (χ3v) is 12.8. The number of benzene rings is 2.